The lowest BCUT2D eigenvalue weighted by molar-refractivity contribution is 0.102. The monoisotopic (exact) mass is 343 g/mol. The van der Waals surface area contributed by atoms with Gasteiger partial charge in [0.2, 0.25) is 0 Å². The zero-order chi connectivity index (χ0) is 12.3. The molecule has 1 aromatic carbocycles. The molecule has 0 saturated carbocycles. The minimum atomic E-state index is -0.179. The Morgan fingerprint density at radius 3 is 2.88 bits per heavy atom. The van der Waals surface area contributed by atoms with Gasteiger partial charge in [-0.2, -0.15) is 5.10 Å². The zero-order valence-corrected chi connectivity index (χ0v) is 11.2. The Morgan fingerprint density at radius 2 is 2.29 bits per heavy atom. The Morgan fingerprint density at radius 1 is 1.47 bits per heavy atom. The molecular formula is C11H10IN3O2. The number of methoxy groups -OCH3 is 1. The van der Waals surface area contributed by atoms with Gasteiger partial charge in [-0.05, 0) is 40.8 Å². The van der Waals surface area contributed by atoms with Gasteiger partial charge in [0.05, 0.1) is 18.9 Å². The van der Waals surface area contributed by atoms with Gasteiger partial charge in [0, 0.05) is 9.64 Å². The Hall–Kier alpha value is -1.57. The first-order valence-electron chi connectivity index (χ1n) is 4.85. The van der Waals surface area contributed by atoms with Gasteiger partial charge < -0.3 is 10.1 Å². The smallest absolute Gasteiger partial charge is 0.257 e. The predicted octanol–water partition coefficient (Wildman–Crippen LogP) is 2.28. The molecule has 0 aliphatic rings. The summed E-state index contributed by atoms with van der Waals surface area (Å²) >= 11 is 2.10. The van der Waals surface area contributed by atoms with Crippen molar-refractivity contribution in [3.05, 3.63) is 39.6 Å². The molecule has 0 radical (unpaired) electrons. The first kappa shape index (κ1) is 11.9. The van der Waals surface area contributed by atoms with Gasteiger partial charge in [-0.15, -0.1) is 0 Å². The van der Waals surface area contributed by atoms with Gasteiger partial charge >= 0.3 is 0 Å². The lowest BCUT2D eigenvalue weighted by Crippen LogP contribution is -2.13. The van der Waals surface area contributed by atoms with E-state index in [1.165, 1.54) is 0 Å². The second-order valence-electron chi connectivity index (χ2n) is 3.27. The number of aromatic amines is 1. The second kappa shape index (κ2) is 5.17. The van der Waals surface area contributed by atoms with Crippen molar-refractivity contribution >= 4 is 34.3 Å². The van der Waals surface area contributed by atoms with E-state index in [-0.39, 0.29) is 5.91 Å². The first-order chi connectivity index (χ1) is 8.20. The summed E-state index contributed by atoms with van der Waals surface area (Å²) < 4.78 is 5.92. The molecule has 0 atom stereocenters. The van der Waals surface area contributed by atoms with Crippen molar-refractivity contribution in [2.45, 2.75) is 0 Å². The molecule has 5 nitrogen and oxygen atoms in total. The molecule has 0 spiro atoms. The highest BCUT2D eigenvalue weighted by Crippen LogP contribution is 2.20. The van der Waals surface area contributed by atoms with E-state index >= 15 is 0 Å². The molecule has 0 saturated heterocycles. The van der Waals surface area contributed by atoms with E-state index in [0.29, 0.717) is 11.4 Å². The highest BCUT2D eigenvalue weighted by atomic mass is 127. The molecule has 0 unspecified atom stereocenters. The van der Waals surface area contributed by atoms with Crippen LogP contribution >= 0.6 is 22.6 Å². The number of benzene rings is 1. The third-order valence-corrected chi connectivity index (χ3v) is 3.06. The fourth-order valence-electron chi connectivity index (χ4n) is 1.32. The summed E-state index contributed by atoms with van der Waals surface area (Å²) in [7, 11) is 1.59. The molecule has 0 aliphatic carbocycles. The molecule has 0 bridgehead atoms. The maximum Gasteiger partial charge on any atom is 0.257 e. The van der Waals surface area contributed by atoms with Gasteiger partial charge in [0.25, 0.3) is 5.91 Å². The van der Waals surface area contributed by atoms with Gasteiger partial charge in [-0.3, -0.25) is 9.89 Å². The van der Waals surface area contributed by atoms with E-state index in [9.17, 15) is 4.79 Å². The predicted molar refractivity (Wildman–Crippen MR) is 72.3 cm³/mol. The quantitative estimate of drug-likeness (QED) is 0.841. The number of hydrogen-bond acceptors (Lipinski definition) is 3. The Balaban J connectivity index is 2.19. The SMILES string of the molecule is COc1ccc(C(=O)Nc2ccn[nH]2)c(I)c1. The van der Waals surface area contributed by atoms with Crippen molar-refractivity contribution in [1.29, 1.82) is 0 Å². The minimum absolute atomic E-state index is 0.179. The summed E-state index contributed by atoms with van der Waals surface area (Å²) in [4.78, 5) is 11.9. The third-order valence-electron chi connectivity index (χ3n) is 2.17. The molecule has 17 heavy (non-hydrogen) atoms. The standard InChI is InChI=1S/C11H10IN3O2/c1-17-7-2-3-8(9(12)6-7)11(16)14-10-4-5-13-15-10/h2-6H,1H3,(H2,13,14,15,16). The van der Waals surface area contributed by atoms with Crippen LogP contribution in [0.25, 0.3) is 0 Å². The number of H-pyrrole nitrogens is 1. The molecule has 0 fully saturated rings. The number of hydrogen-bond donors (Lipinski definition) is 2. The zero-order valence-electron chi connectivity index (χ0n) is 9.03. The average Bonchev–Trinajstić information content (AvgIpc) is 2.81. The molecule has 0 aliphatic heterocycles. The summed E-state index contributed by atoms with van der Waals surface area (Å²) in [6.07, 6.45) is 1.58. The van der Waals surface area contributed by atoms with Crippen LogP contribution in [0, 0.1) is 3.57 Å². The lowest BCUT2D eigenvalue weighted by Gasteiger charge is -2.06. The van der Waals surface area contributed by atoms with Gasteiger partial charge in [0.15, 0.2) is 0 Å². The molecule has 1 aromatic heterocycles. The molecule has 6 heteroatoms. The topological polar surface area (TPSA) is 67.0 Å². The number of nitrogens with zero attached hydrogens (tertiary/aromatic N) is 1. The second-order valence-corrected chi connectivity index (χ2v) is 4.43. The third kappa shape index (κ3) is 2.76. The summed E-state index contributed by atoms with van der Waals surface area (Å²) in [5, 5.41) is 9.14. The Labute approximate surface area is 112 Å². The molecule has 2 rings (SSSR count). The number of carbonyl (C=O) groups is 1. The van der Waals surface area contributed by atoms with Gasteiger partial charge in [0.1, 0.15) is 11.6 Å². The van der Waals surface area contributed by atoms with Crippen molar-refractivity contribution in [2.75, 3.05) is 12.4 Å². The molecule has 2 aromatic rings. The van der Waals surface area contributed by atoms with Crippen LogP contribution in [0.1, 0.15) is 10.4 Å². The maximum atomic E-state index is 11.9. The maximum absolute atomic E-state index is 11.9. The van der Waals surface area contributed by atoms with Crippen molar-refractivity contribution in [3.8, 4) is 5.75 Å². The van der Waals surface area contributed by atoms with Crippen LogP contribution in [0.15, 0.2) is 30.5 Å². The van der Waals surface area contributed by atoms with E-state index in [1.807, 2.05) is 6.07 Å². The van der Waals surface area contributed by atoms with E-state index in [2.05, 4.69) is 38.1 Å². The van der Waals surface area contributed by atoms with Crippen molar-refractivity contribution in [3.63, 3.8) is 0 Å². The van der Waals surface area contributed by atoms with Crippen LogP contribution in [0.5, 0.6) is 5.75 Å². The van der Waals surface area contributed by atoms with Crippen LogP contribution in [0.4, 0.5) is 5.82 Å². The highest BCUT2D eigenvalue weighted by Gasteiger charge is 2.11. The molecular weight excluding hydrogens is 333 g/mol. The fourth-order valence-corrected chi connectivity index (χ4v) is 2.05. The summed E-state index contributed by atoms with van der Waals surface area (Å²) in [6, 6.07) is 6.98. The average molecular weight is 343 g/mol. The number of carbonyl (C=O) groups excluding carboxylic acids is 1. The van der Waals surface area contributed by atoms with Crippen molar-refractivity contribution in [2.24, 2.45) is 0 Å². The van der Waals surface area contributed by atoms with Crippen LogP contribution in [0.3, 0.4) is 0 Å². The summed E-state index contributed by atoms with van der Waals surface area (Å²) in [5.74, 6) is 1.12. The molecule has 1 heterocycles. The van der Waals surface area contributed by atoms with Crippen LogP contribution in [-0.2, 0) is 0 Å². The number of rotatable bonds is 3. The molecule has 88 valence electrons. The van der Waals surface area contributed by atoms with Crippen molar-refractivity contribution in [1.82, 2.24) is 10.2 Å². The van der Waals surface area contributed by atoms with Crippen molar-refractivity contribution < 1.29 is 9.53 Å². The number of amides is 1. The summed E-state index contributed by atoms with van der Waals surface area (Å²) in [6.45, 7) is 0. The fraction of sp³-hybridized carbons (Fsp3) is 0.0909. The van der Waals surface area contributed by atoms with Gasteiger partial charge in [-0.1, -0.05) is 0 Å². The number of halogens is 1. The van der Waals surface area contributed by atoms with Crippen LogP contribution in [-0.4, -0.2) is 23.2 Å². The summed E-state index contributed by atoms with van der Waals surface area (Å²) in [5.41, 5.74) is 0.598. The number of anilines is 1. The number of aromatic nitrogens is 2. The van der Waals surface area contributed by atoms with E-state index in [0.717, 1.165) is 9.32 Å². The van der Waals surface area contributed by atoms with E-state index in [1.54, 1.807) is 31.5 Å². The first-order valence-corrected chi connectivity index (χ1v) is 5.93. The number of nitrogens with one attached hydrogen (secondary N) is 2. The molecule has 2 N–H and O–H groups in total. The lowest BCUT2D eigenvalue weighted by atomic mass is 10.2. The van der Waals surface area contributed by atoms with Crippen LogP contribution < -0.4 is 10.1 Å². The van der Waals surface area contributed by atoms with E-state index < -0.39 is 0 Å². The van der Waals surface area contributed by atoms with E-state index in [4.69, 9.17) is 4.74 Å². The Kier molecular flexibility index (Phi) is 3.62. The Bertz CT molecular complexity index is 526. The number of ether oxygens (including phenoxy) is 1. The minimum Gasteiger partial charge on any atom is -0.497 e. The largest absolute Gasteiger partial charge is 0.497 e. The highest BCUT2D eigenvalue weighted by molar-refractivity contribution is 14.1. The van der Waals surface area contributed by atoms with Gasteiger partial charge in [-0.25, -0.2) is 0 Å². The molecule has 1 amide bonds. The normalized spacial score (nSPS) is 10.0. The van der Waals surface area contributed by atoms with Crippen LogP contribution in [0.2, 0.25) is 0 Å².